The number of ether oxygens (including phenoxy) is 1. The van der Waals surface area contributed by atoms with Crippen molar-refractivity contribution in [1.82, 2.24) is 5.32 Å². The van der Waals surface area contributed by atoms with E-state index in [0.29, 0.717) is 30.7 Å². The van der Waals surface area contributed by atoms with Gasteiger partial charge in [-0.3, -0.25) is 9.59 Å². The van der Waals surface area contributed by atoms with Crippen LogP contribution in [0.3, 0.4) is 0 Å². The lowest BCUT2D eigenvalue weighted by molar-refractivity contribution is -0.134. The fourth-order valence-corrected chi connectivity index (χ4v) is 17.5. The monoisotopic (exact) mass is 539 g/mol. The van der Waals surface area contributed by atoms with E-state index >= 15 is 0 Å². The summed E-state index contributed by atoms with van der Waals surface area (Å²) in [6, 6.07) is 7.47. The number of benzene rings is 1. The molecule has 0 saturated heterocycles. The molecule has 7 nitrogen and oxygen atoms in total. The van der Waals surface area contributed by atoms with Gasteiger partial charge in [0.2, 0.25) is 5.91 Å². The van der Waals surface area contributed by atoms with Crippen molar-refractivity contribution in [1.29, 1.82) is 0 Å². The minimum Gasteiger partial charge on any atom is -0.497 e. The molecule has 0 heterocycles. The van der Waals surface area contributed by atoms with Crippen molar-refractivity contribution in [3.63, 3.8) is 0 Å². The van der Waals surface area contributed by atoms with Gasteiger partial charge in [-0.05, 0) is 95.4 Å². The van der Waals surface area contributed by atoms with E-state index in [9.17, 15) is 14.7 Å². The van der Waals surface area contributed by atoms with Crippen LogP contribution in [-0.4, -0.2) is 61.2 Å². The molecule has 1 aromatic rings. The van der Waals surface area contributed by atoms with Gasteiger partial charge in [-0.25, -0.2) is 0 Å². The average Bonchev–Trinajstić information content (AvgIpc) is 2.73. The molecule has 1 fully saturated rings. The molecule has 1 aliphatic carbocycles. The van der Waals surface area contributed by atoms with Gasteiger partial charge in [0, 0.05) is 12.1 Å². The van der Waals surface area contributed by atoms with Crippen molar-refractivity contribution < 1.29 is 27.7 Å². The first-order valence-electron chi connectivity index (χ1n) is 12.7. The minimum atomic E-state index is -2.37. The van der Waals surface area contributed by atoms with Crippen molar-refractivity contribution in [2.24, 2.45) is 5.92 Å². The molecule has 1 aromatic carbocycles. The molecule has 0 spiro atoms. The zero-order valence-electron chi connectivity index (χ0n) is 22.8. The molecule has 2 unspecified atom stereocenters. The zero-order valence-corrected chi connectivity index (χ0v) is 25.8. The standard InChI is InChI=1S/C25H45NO6Si3/c1-30-21-15-13-20(14-16-21)23(27)25(29)17-10-9-12-22(25)24(28)26-18-11-19-35(8,31-33(2,3)4)32-34(5,6)7/h13-16,22,29H,9-12,17-19H2,1-8H3,(H,26,28). The number of nitrogens with one attached hydrogen (secondary N) is 1. The third-order valence-electron chi connectivity index (χ3n) is 6.09. The molecule has 35 heavy (non-hydrogen) atoms. The summed E-state index contributed by atoms with van der Waals surface area (Å²) in [4.78, 5) is 26.4. The van der Waals surface area contributed by atoms with Crippen molar-refractivity contribution in [2.45, 2.75) is 89.6 Å². The molecule has 2 atom stereocenters. The maximum atomic E-state index is 13.3. The Kier molecular flexibility index (Phi) is 10.1. The molecule has 198 valence electrons. The van der Waals surface area contributed by atoms with Crippen LogP contribution >= 0.6 is 0 Å². The smallest absolute Gasteiger partial charge is 0.314 e. The predicted molar refractivity (Wildman–Crippen MR) is 147 cm³/mol. The van der Waals surface area contributed by atoms with Crippen LogP contribution in [0.4, 0.5) is 0 Å². The summed E-state index contributed by atoms with van der Waals surface area (Å²) in [5, 5.41) is 14.4. The lowest BCUT2D eigenvalue weighted by atomic mass is 9.71. The van der Waals surface area contributed by atoms with E-state index in [-0.39, 0.29) is 12.3 Å². The first-order valence-corrected chi connectivity index (χ1v) is 22.0. The molecule has 1 saturated carbocycles. The van der Waals surface area contributed by atoms with E-state index in [1.165, 1.54) is 0 Å². The number of aliphatic hydroxyl groups is 1. The summed E-state index contributed by atoms with van der Waals surface area (Å²) < 4.78 is 18.2. The fraction of sp³-hybridized carbons (Fsp3) is 0.680. The molecule has 1 aliphatic rings. The first-order chi connectivity index (χ1) is 16.1. The van der Waals surface area contributed by atoms with Crippen molar-refractivity contribution in [3.05, 3.63) is 29.8 Å². The highest BCUT2D eigenvalue weighted by atomic mass is 28.5. The summed E-state index contributed by atoms with van der Waals surface area (Å²) in [7, 11) is -4.37. The second-order valence-corrected chi connectivity index (χ2v) is 24.6. The van der Waals surface area contributed by atoms with E-state index in [2.05, 4.69) is 51.1 Å². The third kappa shape index (κ3) is 8.94. The van der Waals surface area contributed by atoms with E-state index in [1.54, 1.807) is 31.4 Å². The lowest BCUT2D eigenvalue weighted by Gasteiger charge is -2.39. The highest BCUT2D eigenvalue weighted by molar-refractivity contribution is 6.87. The Morgan fingerprint density at radius 1 is 1.00 bits per heavy atom. The van der Waals surface area contributed by atoms with E-state index in [4.69, 9.17) is 13.0 Å². The summed E-state index contributed by atoms with van der Waals surface area (Å²) in [5.41, 5.74) is -1.30. The quantitative estimate of drug-likeness (QED) is 0.219. The Hall–Kier alpha value is -1.31. The molecule has 2 N–H and O–H groups in total. The van der Waals surface area contributed by atoms with Crippen LogP contribution < -0.4 is 10.1 Å². The molecule has 0 radical (unpaired) electrons. The number of amides is 1. The third-order valence-corrected chi connectivity index (χ3v) is 15.7. The lowest BCUT2D eigenvalue weighted by Crippen LogP contribution is -2.54. The Bertz CT molecular complexity index is 849. The highest BCUT2D eigenvalue weighted by Gasteiger charge is 2.49. The number of rotatable bonds is 12. The second kappa shape index (κ2) is 11.8. The maximum Gasteiger partial charge on any atom is 0.314 e. The topological polar surface area (TPSA) is 94.1 Å². The number of methoxy groups -OCH3 is 1. The number of carbonyl (C=O) groups excluding carboxylic acids is 2. The Balaban J connectivity index is 2.03. The van der Waals surface area contributed by atoms with Crippen molar-refractivity contribution >= 4 is 36.9 Å². The minimum absolute atomic E-state index is 0.255. The Morgan fingerprint density at radius 2 is 1.57 bits per heavy atom. The maximum absolute atomic E-state index is 13.3. The zero-order chi connectivity index (χ0) is 26.5. The van der Waals surface area contributed by atoms with Gasteiger partial charge in [0.05, 0.1) is 13.0 Å². The molecule has 0 bridgehead atoms. The number of hydrogen-bond acceptors (Lipinski definition) is 6. The molecule has 1 amide bonds. The number of ketones is 1. The summed E-state index contributed by atoms with van der Waals surface area (Å²) in [6.07, 6.45) is 3.05. The Morgan fingerprint density at radius 3 is 2.09 bits per heavy atom. The predicted octanol–water partition coefficient (Wildman–Crippen LogP) is 5.08. The molecule has 2 rings (SSSR count). The van der Waals surface area contributed by atoms with Gasteiger partial charge in [0.1, 0.15) is 11.4 Å². The van der Waals surface area contributed by atoms with Gasteiger partial charge < -0.3 is 23.4 Å². The van der Waals surface area contributed by atoms with Crippen LogP contribution in [0, 0.1) is 5.92 Å². The van der Waals surface area contributed by atoms with E-state index in [0.717, 1.165) is 18.9 Å². The van der Waals surface area contributed by atoms with Gasteiger partial charge in [-0.15, -0.1) is 0 Å². The molecule has 10 heteroatoms. The van der Waals surface area contributed by atoms with Crippen LogP contribution in [0.5, 0.6) is 5.75 Å². The van der Waals surface area contributed by atoms with Crippen LogP contribution in [-0.2, 0) is 13.0 Å². The van der Waals surface area contributed by atoms with Crippen LogP contribution in [0.15, 0.2) is 24.3 Å². The van der Waals surface area contributed by atoms with Crippen molar-refractivity contribution in [3.8, 4) is 5.75 Å². The Labute approximate surface area is 214 Å². The van der Waals surface area contributed by atoms with Gasteiger partial charge in [-0.2, -0.15) is 0 Å². The van der Waals surface area contributed by atoms with Crippen LogP contribution in [0.2, 0.25) is 51.9 Å². The van der Waals surface area contributed by atoms with Crippen molar-refractivity contribution in [2.75, 3.05) is 13.7 Å². The summed E-state index contributed by atoms with van der Waals surface area (Å²) >= 11 is 0. The molecule has 0 aliphatic heterocycles. The number of carbonyl (C=O) groups is 2. The summed E-state index contributed by atoms with van der Waals surface area (Å²) in [5.74, 6) is -0.772. The second-order valence-electron chi connectivity index (χ2n) is 11.7. The van der Waals surface area contributed by atoms with Crippen LogP contribution in [0.1, 0.15) is 42.5 Å². The van der Waals surface area contributed by atoms with Gasteiger partial charge in [0.25, 0.3) is 0 Å². The van der Waals surface area contributed by atoms with E-state index in [1.807, 2.05) is 0 Å². The van der Waals surface area contributed by atoms with Gasteiger partial charge in [-0.1, -0.05) is 12.8 Å². The molecular weight excluding hydrogens is 495 g/mol. The molecule has 0 aromatic heterocycles. The largest absolute Gasteiger partial charge is 0.497 e. The average molecular weight is 540 g/mol. The van der Waals surface area contributed by atoms with Gasteiger partial charge >= 0.3 is 8.56 Å². The van der Waals surface area contributed by atoms with E-state index < -0.39 is 42.5 Å². The first kappa shape index (κ1) is 29.9. The number of hydrogen-bond donors (Lipinski definition) is 2. The highest BCUT2D eigenvalue weighted by Crippen LogP contribution is 2.37. The molecular formula is C25H45NO6Si3. The normalized spacial score (nSPS) is 21.5. The van der Waals surface area contributed by atoms with Gasteiger partial charge in [0.15, 0.2) is 22.4 Å². The number of Topliss-reactive ketones (excluding diaryl/α,β-unsaturated/α-hetero) is 1. The van der Waals surface area contributed by atoms with Crippen LogP contribution in [0.25, 0.3) is 0 Å². The SMILES string of the molecule is COc1ccc(C(=O)C2(O)CCCCC2C(=O)NCCC[Si](C)(O[Si](C)(C)C)O[Si](C)(C)C)cc1. The fourth-order valence-electron chi connectivity index (χ4n) is 4.93. The summed E-state index contributed by atoms with van der Waals surface area (Å²) in [6.45, 7) is 15.7.